The Bertz CT molecular complexity index is 547. The lowest BCUT2D eigenvalue weighted by atomic mass is 10.2. The highest BCUT2D eigenvalue weighted by molar-refractivity contribution is 7.48. The van der Waals surface area contributed by atoms with Crippen molar-refractivity contribution in [1.82, 2.24) is 0 Å². The van der Waals surface area contributed by atoms with Crippen molar-refractivity contribution in [1.29, 1.82) is 0 Å². The van der Waals surface area contributed by atoms with Gasteiger partial charge in [0.25, 0.3) is 0 Å². The molecule has 0 radical (unpaired) electrons. The van der Waals surface area contributed by atoms with Gasteiger partial charge in [-0.1, -0.05) is 30.3 Å². The van der Waals surface area contributed by atoms with Gasteiger partial charge in [-0.3, -0.25) is 9.05 Å². The molecule has 124 valence electrons. The standard InChI is InChI=1S/C13H15F4O4P/c1-3-19-22(18,20-4-2)21-11(12(14)13(15,16)17)10-8-6-5-7-9-10/h5-9H,3-4H2,1-2H3/b12-11+. The van der Waals surface area contributed by atoms with Crippen molar-refractivity contribution in [3.05, 3.63) is 41.7 Å². The second kappa shape index (κ2) is 7.76. The summed E-state index contributed by atoms with van der Waals surface area (Å²) < 4.78 is 77.9. The quantitative estimate of drug-likeness (QED) is 0.394. The van der Waals surface area contributed by atoms with E-state index in [1.807, 2.05) is 0 Å². The molecule has 9 heteroatoms. The first-order valence-electron chi connectivity index (χ1n) is 6.34. The summed E-state index contributed by atoms with van der Waals surface area (Å²) >= 11 is 0. The van der Waals surface area contributed by atoms with Crippen molar-refractivity contribution in [2.24, 2.45) is 0 Å². The number of rotatable bonds is 7. The Morgan fingerprint density at radius 2 is 1.59 bits per heavy atom. The van der Waals surface area contributed by atoms with Gasteiger partial charge in [-0.15, -0.1) is 0 Å². The monoisotopic (exact) mass is 342 g/mol. The molecule has 0 saturated heterocycles. The number of phosphoric acid groups is 1. The van der Waals surface area contributed by atoms with E-state index >= 15 is 0 Å². The van der Waals surface area contributed by atoms with Crippen LogP contribution in [0.4, 0.5) is 17.6 Å². The van der Waals surface area contributed by atoms with Crippen LogP contribution in [0.2, 0.25) is 0 Å². The minimum absolute atomic E-state index is 0.146. The highest BCUT2D eigenvalue weighted by atomic mass is 31.2. The summed E-state index contributed by atoms with van der Waals surface area (Å²) in [5.74, 6) is -3.75. The second-order valence-corrected chi connectivity index (χ2v) is 5.47. The molecule has 0 fully saturated rings. The number of hydrogen-bond donors (Lipinski definition) is 0. The van der Waals surface area contributed by atoms with Gasteiger partial charge in [-0.05, 0) is 13.8 Å². The van der Waals surface area contributed by atoms with Crippen LogP contribution in [-0.2, 0) is 18.1 Å². The van der Waals surface area contributed by atoms with E-state index in [2.05, 4.69) is 4.52 Å². The second-order valence-electron chi connectivity index (χ2n) is 3.88. The van der Waals surface area contributed by atoms with Crippen molar-refractivity contribution in [2.75, 3.05) is 13.2 Å². The molecule has 0 N–H and O–H groups in total. The predicted octanol–water partition coefficient (Wildman–Crippen LogP) is 5.08. The summed E-state index contributed by atoms with van der Waals surface area (Å²) in [6, 6.07) is 6.66. The van der Waals surface area contributed by atoms with Crippen molar-refractivity contribution in [3.8, 4) is 0 Å². The number of alkyl halides is 3. The molecule has 0 unspecified atom stereocenters. The van der Waals surface area contributed by atoms with E-state index in [0.29, 0.717) is 0 Å². The van der Waals surface area contributed by atoms with E-state index in [0.717, 1.165) is 0 Å². The van der Waals surface area contributed by atoms with Gasteiger partial charge in [0.2, 0.25) is 5.83 Å². The zero-order chi connectivity index (χ0) is 16.8. The van der Waals surface area contributed by atoms with Crippen molar-refractivity contribution in [3.63, 3.8) is 0 Å². The molecular weight excluding hydrogens is 327 g/mol. The molecule has 0 saturated carbocycles. The summed E-state index contributed by atoms with van der Waals surface area (Å²) in [6.45, 7) is 2.60. The largest absolute Gasteiger partial charge is 0.530 e. The zero-order valence-electron chi connectivity index (χ0n) is 11.9. The molecule has 4 nitrogen and oxygen atoms in total. The molecule has 0 spiro atoms. The van der Waals surface area contributed by atoms with E-state index in [1.54, 1.807) is 0 Å². The number of allylic oxidation sites excluding steroid dienone is 1. The van der Waals surface area contributed by atoms with Gasteiger partial charge in [-0.25, -0.2) is 4.57 Å². The fourth-order valence-corrected chi connectivity index (χ4v) is 2.68. The normalized spacial score (nSPS) is 13.7. The van der Waals surface area contributed by atoms with Crippen LogP contribution < -0.4 is 0 Å². The molecule has 0 heterocycles. The van der Waals surface area contributed by atoms with E-state index in [1.165, 1.54) is 44.2 Å². The van der Waals surface area contributed by atoms with Crippen LogP contribution in [0, 0.1) is 0 Å². The number of benzene rings is 1. The predicted molar refractivity (Wildman–Crippen MR) is 72.5 cm³/mol. The third-order valence-electron chi connectivity index (χ3n) is 2.26. The Kier molecular flexibility index (Phi) is 6.59. The third kappa shape index (κ3) is 5.12. The molecule has 0 amide bonds. The summed E-state index contributed by atoms with van der Waals surface area (Å²) in [7, 11) is -4.36. The van der Waals surface area contributed by atoms with Gasteiger partial charge in [0.15, 0.2) is 5.76 Å². The molecule has 0 aliphatic carbocycles. The van der Waals surface area contributed by atoms with Gasteiger partial charge in [0.05, 0.1) is 13.2 Å². The van der Waals surface area contributed by atoms with Crippen LogP contribution >= 0.6 is 7.82 Å². The SMILES string of the molecule is CCOP(=O)(OCC)O/C(=C(/F)C(F)(F)F)c1ccccc1. The Hall–Kier alpha value is -1.37. The maximum atomic E-state index is 13.7. The molecule has 0 bridgehead atoms. The van der Waals surface area contributed by atoms with Gasteiger partial charge < -0.3 is 4.52 Å². The summed E-state index contributed by atoms with van der Waals surface area (Å²) in [4.78, 5) is 0. The first-order valence-corrected chi connectivity index (χ1v) is 7.80. The van der Waals surface area contributed by atoms with Gasteiger partial charge in [0.1, 0.15) is 0 Å². The molecule has 1 aromatic rings. The molecule has 0 aliphatic heterocycles. The minimum Gasteiger partial charge on any atom is -0.400 e. The molecule has 0 aliphatic rings. The zero-order valence-corrected chi connectivity index (χ0v) is 12.8. The maximum Gasteiger partial charge on any atom is 0.530 e. The van der Waals surface area contributed by atoms with Crippen molar-refractivity contribution < 1.29 is 35.7 Å². The lowest BCUT2D eigenvalue weighted by Crippen LogP contribution is -2.12. The molecule has 0 atom stereocenters. The highest BCUT2D eigenvalue weighted by Gasteiger charge is 2.41. The lowest BCUT2D eigenvalue weighted by molar-refractivity contribution is -0.109. The van der Waals surface area contributed by atoms with Crippen LogP contribution in [0.1, 0.15) is 19.4 Å². The van der Waals surface area contributed by atoms with Gasteiger partial charge in [-0.2, -0.15) is 17.6 Å². The minimum atomic E-state index is -5.30. The topological polar surface area (TPSA) is 44.8 Å². The molecule has 0 aromatic heterocycles. The van der Waals surface area contributed by atoms with Crippen LogP contribution in [-0.4, -0.2) is 19.4 Å². The van der Waals surface area contributed by atoms with Gasteiger partial charge >= 0.3 is 14.0 Å². The van der Waals surface area contributed by atoms with Crippen LogP contribution in [0.3, 0.4) is 0 Å². The fraction of sp³-hybridized carbons (Fsp3) is 0.385. The van der Waals surface area contributed by atoms with Crippen LogP contribution in [0.5, 0.6) is 0 Å². The Labute approximate surface area is 125 Å². The Morgan fingerprint density at radius 1 is 1.09 bits per heavy atom. The molecular formula is C13H15F4O4P. The highest BCUT2D eigenvalue weighted by Crippen LogP contribution is 2.54. The average molecular weight is 342 g/mol. The van der Waals surface area contributed by atoms with Crippen molar-refractivity contribution in [2.45, 2.75) is 20.0 Å². The van der Waals surface area contributed by atoms with Crippen LogP contribution in [0.15, 0.2) is 36.2 Å². The number of phosphoric ester groups is 1. The number of hydrogen-bond acceptors (Lipinski definition) is 4. The van der Waals surface area contributed by atoms with Crippen LogP contribution in [0.25, 0.3) is 5.76 Å². The lowest BCUT2D eigenvalue weighted by Gasteiger charge is -2.20. The summed E-state index contributed by atoms with van der Waals surface area (Å²) in [5.41, 5.74) is -0.239. The van der Waals surface area contributed by atoms with Crippen molar-refractivity contribution >= 4 is 13.6 Å². The van der Waals surface area contributed by atoms with E-state index in [-0.39, 0.29) is 18.8 Å². The summed E-state index contributed by atoms with van der Waals surface area (Å²) in [5, 5.41) is 0. The Balaban J connectivity index is 3.31. The molecule has 22 heavy (non-hydrogen) atoms. The van der Waals surface area contributed by atoms with E-state index < -0.39 is 25.6 Å². The molecule has 1 rings (SSSR count). The first kappa shape index (κ1) is 18.7. The fourth-order valence-electron chi connectivity index (χ4n) is 1.46. The molecule has 1 aromatic carbocycles. The average Bonchev–Trinajstić information content (AvgIpc) is 2.44. The maximum absolute atomic E-state index is 13.7. The van der Waals surface area contributed by atoms with E-state index in [4.69, 9.17) is 9.05 Å². The van der Waals surface area contributed by atoms with E-state index in [9.17, 15) is 22.1 Å². The smallest absolute Gasteiger partial charge is 0.400 e. The number of halogens is 4. The first-order chi connectivity index (χ1) is 10.2. The van der Waals surface area contributed by atoms with Gasteiger partial charge in [0, 0.05) is 5.56 Å². The summed E-state index contributed by atoms with van der Waals surface area (Å²) in [6.07, 6.45) is -5.30. The Morgan fingerprint density at radius 3 is 2.00 bits per heavy atom. The third-order valence-corrected chi connectivity index (χ3v) is 3.82.